The van der Waals surface area contributed by atoms with Gasteiger partial charge in [0.1, 0.15) is 6.29 Å². The first-order chi connectivity index (χ1) is 11.7. The smallest absolute Gasteiger partial charge is 0.184 e. The van der Waals surface area contributed by atoms with E-state index in [4.69, 9.17) is 8.85 Å². The zero-order valence-electron chi connectivity index (χ0n) is 18.4. The van der Waals surface area contributed by atoms with E-state index in [-0.39, 0.29) is 17.6 Å². The van der Waals surface area contributed by atoms with Crippen LogP contribution in [0.2, 0.25) is 39.3 Å². The van der Waals surface area contributed by atoms with Crippen LogP contribution in [0, 0.1) is 5.41 Å². The van der Waals surface area contributed by atoms with Crippen molar-refractivity contribution in [1.29, 1.82) is 0 Å². The van der Waals surface area contributed by atoms with Crippen molar-refractivity contribution < 1.29 is 13.6 Å². The first kappa shape index (κ1) is 23.3. The molecule has 0 amide bonds. The van der Waals surface area contributed by atoms with E-state index in [9.17, 15) is 4.79 Å². The summed E-state index contributed by atoms with van der Waals surface area (Å²) in [6.45, 7) is 22.1. The number of hydrogen-bond donors (Lipinski definition) is 0. The second-order valence-corrected chi connectivity index (χ2v) is 18.9. The van der Waals surface area contributed by atoms with Crippen molar-refractivity contribution in [3.05, 3.63) is 34.9 Å². The lowest BCUT2D eigenvalue weighted by Gasteiger charge is -2.46. The molecule has 0 bridgehead atoms. The minimum Gasteiger partial charge on any atom is -0.412 e. The number of carbonyl (C=O) groups is 1. The Balaban J connectivity index is 3.37. The molecular weight excluding hydrogens is 356 g/mol. The van der Waals surface area contributed by atoms with Crippen LogP contribution in [0.25, 0.3) is 0 Å². The third-order valence-electron chi connectivity index (χ3n) is 4.46. The van der Waals surface area contributed by atoms with Gasteiger partial charge >= 0.3 is 0 Å². The van der Waals surface area contributed by atoms with Gasteiger partial charge < -0.3 is 8.85 Å². The van der Waals surface area contributed by atoms with Crippen molar-refractivity contribution in [3.8, 4) is 0 Å². The van der Waals surface area contributed by atoms with Crippen molar-refractivity contribution in [3.63, 3.8) is 0 Å². The van der Waals surface area contributed by atoms with Gasteiger partial charge in [-0.2, -0.15) is 0 Å². The van der Waals surface area contributed by atoms with Crippen LogP contribution in [0.4, 0.5) is 0 Å². The molecule has 3 nitrogen and oxygen atoms in total. The molecule has 1 aliphatic carbocycles. The monoisotopic (exact) mass is 394 g/mol. The molecule has 0 aromatic rings. The summed E-state index contributed by atoms with van der Waals surface area (Å²) in [6.07, 6.45) is 7.68. The van der Waals surface area contributed by atoms with Gasteiger partial charge in [-0.3, -0.25) is 4.79 Å². The van der Waals surface area contributed by atoms with E-state index in [1.165, 1.54) is 11.1 Å². The van der Waals surface area contributed by atoms with E-state index in [2.05, 4.69) is 66.1 Å². The van der Waals surface area contributed by atoms with E-state index in [1.54, 1.807) is 6.08 Å². The predicted octanol–water partition coefficient (Wildman–Crippen LogP) is 5.87. The fourth-order valence-electron chi connectivity index (χ4n) is 3.52. The Bertz CT molecular complexity index is 602. The number of rotatable bonds is 7. The first-order valence-electron chi connectivity index (χ1n) is 9.53. The Morgan fingerprint density at radius 1 is 1.08 bits per heavy atom. The average molecular weight is 395 g/mol. The maximum absolute atomic E-state index is 10.7. The second-order valence-electron chi connectivity index (χ2n) is 9.98. The highest BCUT2D eigenvalue weighted by molar-refractivity contribution is 6.70. The largest absolute Gasteiger partial charge is 0.412 e. The van der Waals surface area contributed by atoms with Gasteiger partial charge in [0.25, 0.3) is 0 Å². The fourth-order valence-corrected chi connectivity index (χ4v) is 5.73. The molecule has 0 saturated heterocycles. The van der Waals surface area contributed by atoms with Crippen molar-refractivity contribution in [1.82, 2.24) is 0 Å². The molecular formula is C21H38O3Si2. The van der Waals surface area contributed by atoms with Gasteiger partial charge in [-0.1, -0.05) is 26.0 Å². The van der Waals surface area contributed by atoms with Crippen molar-refractivity contribution in [2.75, 3.05) is 0 Å². The molecule has 0 heterocycles. The Labute approximate surface area is 162 Å². The van der Waals surface area contributed by atoms with E-state index in [0.29, 0.717) is 0 Å². The SMILES string of the molecule is CC1=C(/C=C/C(C)=C/C=O)C(C)(C)C[C@H](O[Si](C)(C)C)[C@H]1O[Si](C)(C)C. The molecule has 0 aromatic heterocycles. The van der Waals surface area contributed by atoms with E-state index in [1.807, 2.05) is 13.0 Å². The number of carbonyl (C=O) groups excluding carboxylic acids is 1. The van der Waals surface area contributed by atoms with Crippen LogP contribution >= 0.6 is 0 Å². The number of allylic oxidation sites excluding steroid dienone is 5. The van der Waals surface area contributed by atoms with Crippen LogP contribution in [0.15, 0.2) is 34.9 Å². The molecule has 0 fully saturated rings. The van der Waals surface area contributed by atoms with Crippen molar-refractivity contribution >= 4 is 22.9 Å². The maximum atomic E-state index is 10.7. The zero-order valence-corrected chi connectivity index (χ0v) is 20.4. The Morgan fingerprint density at radius 3 is 2.08 bits per heavy atom. The van der Waals surface area contributed by atoms with Crippen LogP contribution in [0.1, 0.15) is 34.1 Å². The standard InChI is InChI=1S/C21H38O3Si2/c1-16(13-14-22)11-12-18-17(2)20(24-26(8,9)10)19(15-21(18,3)4)23-25(5,6)7/h11-14,19-20H,15H2,1-10H3/b12-11+,16-13+/t19-,20-/m0/s1. The molecule has 0 radical (unpaired) electrons. The molecule has 2 atom stereocenters. The molecule has 0 spiro atoms. The van der Waals surface area contributed by atoms with Crippen LogP contribution in [0.5, 0.6) is 0 Å². The van der Waals surface area contributed by atoms with Gasteiger partial charge in [0.2, 0.25) is 0 Å². The van der Waals surface area contributed by atoms with E-state index >= 15 is 0 Å². The lowest BCUT2D eigenvalue weighted by Crippen LogP contribution is -2.50. The third kappa shape index (κ3) is 7.10. The molecule has 0 saturated carbocycles. The Hall–Kier alpha value is -0.756. The molecule has 0 unspecified atom stereocenters. The summed E-state index contributed by atoms with van der Waals surface area (Å²) in [5.41, 5.74) is 3.53. The van der Waals surface area contributed by atoms with Crippen molar-refractivity contribution in [2.45, 2.75) is 85.6 Å². The summed E-state index contributed by atoms with van der Waals surface area (Å²) in [6, 6.07) is 0. The zero-order chi connectivity index (χ0) is 20.3. The lowest BCUT2D eigenvalue weighted by atomic mass is 9.70. The van der Waals surface area contributed by atoms with Crippen LogP contribution in [-0.2, 0) is 13.6 Å². The maximum Gasteiger partial charge on any atom is 0.184 e. The highest BCUT2D eigenvalue weighted by atomic mass is 28.4. The Kier molecular flexibility index (Phi) is 7.62. The van der Waals surface area contributed by atoms with Crippen LogP contribution in [0.3, 0.4) is 0 Å². The third-order valence-corrected chi connectivity index (χ3v) is 6.43. The van der Waals surface area contributed by atoms with Gasteiger partial charge in [0.05, 0.1) is 12.2 Å². The second kappa shape index (κ2) is 8.50. The topological polar surface area (TPSA) is 35.5 Å². The molecule has 26 heavy (non-hydrogen) atoms. The molecule has 5 heteroatoms. The normalized spacial score (nSPS) is 25.1. The summed E-state index contributed by atoms with van der Waals surface area (Å²) in [7, 11) is -3.39. The van der Waals surface area contributed by atoms with Crippen LogP contribution < -0.4 is 0 Å². The van der Waals surface area contributed by atoms with Crippen molar-refractivity contribution in [2.24, 2.45) is 5.41 Å². The van der Waals surface area contributed by atoms with E-state index < -0.39 is 16.6 Å². The van der Waals surface area contributed by atoms with Gasteiger partial charge in [-0.15, -0.1) is 0 Å². The number of hydrogen-bond acceptors (Lipinski definition) is 3. The first-order valence-corrected chi connectivity index (χ1v) is 16.3. The van der Waals surface area contributed by atoms with E-state index in [0.717, 1.165) is 18.3 Å². The van der Waals surface area contributed by atoms with Gasteiger partial charge in [0.15, 0.2) is 16.6 Å². The highest BCUT2D eigenvalue weighted by Gasteiger charge is 2.42. The summed E-state index contributed by atoms with van der Waals surface area (Å²) >= 11 is 0. The Morgan fingerprint density at radius 2 is 1.62 bits per heavy atom. The van der Waals surface area contributed by atoms with Crippen LogP contribution in [-0.4, -0.2) is 35.1 Å². The predicted molar refractivity (Wildman–Crippen MR) is 116 cm³/mol. The fraction of sp³-hybridized carbons (Fsp3) is 0.667. The molecule has 0 aromatic carbocycles. The van der Waals surface area contributed by atoms with Gasteiger partial charge in [0, 0.05) is 0 Å². The summed E-state index contributed by atoms with van der Waals surface area (Å²) < 4.78 is 13.2. The summed E-state index contributed by atoms with van der Waals surface area (Å²) in [4.78, 5) is 10.7. The minimum atomic E-state index is -1.72. The number of aldehydes is 1. The minimum absolute atomic E-state index is 0.00561. The molecule has 148 valence electrons. The molecule has 1 aliphatic rings. The van der Waals surface area contributed by atoms with Gasteiger partial charge in [-0.05, 0) is 87.8 Å². The summed E-state index contributed by atoms with van der Waals surface area (Å²) in [5.74, 6) is 0. The molecule has 0 aliphatic heterocycles. The lowest BCUT2D eigenvalue weighted by molar-refractivity contribution is -0.104. The quantitative estimate of drug-likeness (QED) is 0.234. The average Bonchev–Trinajstić information content (AvgIpc) is 2.40. The summed E-state index contributed by atoms with van der Waals surface area (Å²) in [5, 5.41) is 0. The highest BCUT2D eigenvalue weighted by Crippen LogP contribution is 2.44. The molecule has 0 N–H and O–H groups in total. The molecule has 1 rings (SSSR count). The van der Waals surface area contributed by atoms with Gasteiger partial charge in [-0.25, -0.2) is 0 Å².